The fourth-order valence-electron chi connectivity index (χ4n) is 3.48. The van der Waals surface area contributed by atoms with Crippen LogP contribution in [0.15, 0.2) is 48.5 Å². The van der Waals surface area contributed by atoms with Gasteiger partial charge in [0.15, 0.2) is 0 Å². The Balaban J connectivity index is 1.65. The van der Waals surface area contributed by atoms with Gasteiger partial charge in [-0.05, 0) is 35.7 Å². The third-order valence-electron chi connectivity index (χ3n) is 4.84. The summed E-state index contributed by atoms with van der Waals surface area (Å²) in [6.07, 6.45) is 1.65. The highest BCUT2D eigenvalue weighted by molar-refractivity contribution is 5.98. The van der Waals surface area contributed by atoms with E-state index in [9.17, 15) is 9.59 Å². The summed E-state index contributed by atoms with van der Waals surface area (Å²) in [5.74, 6) is 0.0545. The van der Waals surface area contributed by atoms with Gasteiger partial charge in [-0.15, -0.1) is 0 Å². The highest BCUT2D eigenvalue weighted by atomic mass is 16.2. The topological polar surface area (TPSA) is 42.3 Å². The monoisotopic (exact) mass is 318 g/mol. The van der Waals surface area contributed by atoms with E-state index >= 15 is 0 Å². The number of hydrogen-bond donors (Lipinski definition) is 0. The number of aryl methyl sites for hydroxylation is 1. The van der Waals surface area contributed by atoms with Crippen LogP contribution >= 0.6 is 0 Å². The van der Waals surface area contributed by atoms with E-state index in [0.29, 0.717) is 24.3 Å². The van der Waals surface area contributed by atoms with Crippen LogP contribution in [0.25, 0.3) is 10.9 Å². The smallest absolute Gasteiger partial charge is 0.270 e. The van der Waals surface area contributed by atoms with Crippen molar-refractivity contribution in [2.24, 2.45) is 7.05 Å². The van der Waals surface area contributed by atoms with Gasteiger partial charge < -0.3 is 9.47 Å². The summed E-state index contributed by atoms with van der Waals surface area (Å²) in [4.78, 5) is 25.8. The second kappa shape index (κ2) is 5.64. The Bertz CT molecular complexity index is 955. The molecule has 1 amide bonds. The van der Waals surface area contributed by atoms with Crippen LogP contribution in [-0.2, 0) is 20.0 Å². The van der Waals surface area contributed by atoms with Crippen molar-refractivity contribution in [3.63, 3.8) is 0 Å². The van der Waals surface area contributed by atoms with Gasteiger partial charge in [0.1, 0.15) is 12.0 Å². The Morgan fingerprint density at radius 3 is 2.71 bits per heavy atom. The molecule has 0 aliphatic carbocycles. The van der Waals surface area contributed by atoms with Gasteiger partial charge in [-0.25, -0.2) is 0 Å². The standard InChI is InChI=1S/C20H18N2O2/c1-21-18-5-3-2-4-16(18)11-19(21)20(24)22-9-8-15-10-14(13-23)6-7-17(15)12-22/h2-7,10-11,13H,8-9,12H2,1H3. The molecule has 4 heteroatoms. The molecule has 1 aliphatic heterocycles. The molecular formula is C20H18N2O2. The summed E-state index contributed by atoms with van der Waals surface area (Å²) in [6, 6.07) is 15.7. The van der Waals surface area contributed by atoms with Crippen LogP contribution in [0.1, 0.15) is 32.0 Å². The molecule has 0 saturated carbocycles. The zero-order valence-electron chi connectivity index (χ0n) is 13.5. The van der Waals surface area contributed by atoms with E-state index in [0.717, 1.165) is 29.2 Å². The molecular weight excluding hydrogens is 300 g/mol. The average Bonchev–Trinajstić information content (AvgIpc) is 2.97. The van der Waals surface area contributed by atoms with Crippen molar-refractivity contribution in [2.75, 3.05) is 6.54 Å². The Hall–Kier alpha value is -2.88. The lowest BCUT2D eigenvalue weighted by Crippen LogP contribution is -2.36. The molecule has 0 saturated heterocycles. The van der Waals surface area contributed by atoms with Crippen molar-refractivity contribution in [2.45, 2.75) is 13.0 Å². The molecule has 24 heavy (non-hydrogen) atoms. The van der Waals surface area contributed by atoms with Gasteiger partial charge in [-0.2, -0.15) is 0 Å². The number of carbonyl (C=O) groups excluding carboxylic acids is 2. The molecule has 0 unspecified atom stereocenters. The predicted molar refractivity (Wildman–Crippen MR) is 93.2 cm³/mol. The largest absolute Gasteiger partial charge is 0.340 e. The lowest BCUT2D eigenvalue weighted by molar-refractivity contribution is 0.0725. The molecule has 0 fully saturated rings. The normalized spacial score (nSPS) is 13.8. The van der Waals surface area contributed by atoms with E-state index in [1.165, 1.54) is 5.56 Å². The zero-order chi connectivity index (χ0) is 16.7. The third-order valence-corrected chi connectivity index (χ3v) is 4.84. The van der Waals surface area contributed by atoms with Crippen molar-refractivity contribution in [3.8, 4) is 0 Å². The number of aldehydes is 1. The maximum absolute atomic E-state index is 13.0. The van der Waals surface area contributed by atoms with Crippen molar-refractivity contribution >= 4 is 23.1 Å². The molecule has 120 valence electrons. The van der Waals surface area contributed by atoms with Crippen molar-refractivity contribution < 1.29 is 9.59 Å². The number of hydrogen-bond acceptors (Lipinski definition) is 2. The van der Waals surface area contributed by atoms with E-state index < -0.39 is 0 Å². The molecule has 0 bridgehead atoms. The average molecular weight is 318 g/mol. The third kappa shape index (κ3) is 2.31. The van der Waals surface area contributed by atoms with E-state index in [1.807, 2.05) is 65.0 Å². The van der Waals surface area contributed by atoms with Crippen molar-refractivity contribution in [1.29, 1.82) is 0 Å². The van der Waals surface area contributed by atoms with Crippen molar-refractivity contribution in [3.05, 3.63) is 70.9 Å². The molecule has 0 radical (unpaired) electrons. The Morgan fingerprint density at radius 1 is 1.08 bits per heavy atom. The van der Waals surface area contributed by atoms with Crippen LogP contribution in [0, 0.1) is 0 Å². The van der Waals surface area contributed by atoms with Crippen LogP contribution in [0.2, 0.25) is 0 Å². The summed E-state index contributed by atoms with van der Waals surface area (Å²) in [5.41, 5.74) is 4.76. The van der Waals surface area contributed by atoms with Crippen molar-refractivity contribution in [1.82, 2.24) is 9.47 Å². The summed E-state index contributed by atoms with van der Waals surface area (Å²) in [5, 5.41) is 1.08. The van der Waals surface area contributed by atoms with Gasteiger partial charge in [0.05, 0.1) is 0 Å². The number of fused-ring (bicyclic) bond motifs is 2. The summed E-state index contributed by atoms with van der Waals surface area (Å²) in [6.45, 7) is 1.27. The zero-order valence-corrected chi connectivity index (χ0v) is 13.5. The number of amides is 1. The molecule has 1 aromatic heterocycles. The first-order valence-electron chi connectivity index (χ1n) is 8.08. The predicted octanol–water partition coefficient (Wildman–Crippen LogP) is 3.19. The lowest BCUT2D eigenvalue weighted by atomic mass is 9.97. The summed E-state index contributed by atoms with van der Waals surface area (Å²) in [7, 11) is 1.93. The van der Waals surface area contributed by atoms with E-state index in [4.69, 9.17) is 0 Å². The molecule has 3 aromatic rings. The fourth-order valence-corrected chi connectivity index (χ4v) is 3.48. The number of aromatic nitrogens is 1. The fraction of sp³-hybridized carbons (Fsp3) is 0.200. The molecule has 2 heterocycles. The van der Waals surface area contributed by atoms with Crippen LogP contribution in [-0.4, -0.2) is 28.2 Å². The van der Waals surface area contributed by atoms with Gasteiger partial charge in [0, 0.05) is 36.6 Å². The first-order valence-corrected chi connectivity index (χ1v) is 8.08. The minimum Gasteiger partial charge on any atom is -0.340 e. The molecule has 0 spiro atoms. The molecule has 1 aliphatic rings. The van der Waals surface area contributed by atoms with Gasteiger partial charge in [-0.3, -0.25) is 9.59 Å². The molecule has 0 atom stereocenters. The Labute approximate surface area is 140 Å². The molecule has 4 nitrogen and oxygen atoms in total. The van der Waals surface area contributed by atoms with Crippen LogP contribution in [0.3, 0.4) is 0 Å². The number of carbonyl (C=O) groups is 2. The van der Waals surface area contributed by atoms with Gasteiger partial charge >= 0.3 is 0 Å². The summed E-state index contributed by atoms with van der Waals surface area (Å²) < 4.78 is 1.96. The number of benzene rings is 2. The lowest BCUT2D eigenvalue weighted by Gasteiger charge is -2.29. The van der Waals surface area contributed by atoms with Crippen LogP contribution < -0.4 is 0 Å². The highest BCUT2D eigenvalue weighted by Crippen LogP contribution is 2.24. The maximum atomic E-state index is 13.0. The minimum atomic E-state index is 0.0545. The van der Waals surface area contributed by atoms with E-state index in [2.05, 4.69) is 0 Å². The van der Waals surface area contributed by atoms with Crippen LogP contribution in [0.5, 0.6) is 0 Å². The van der Waals surface area contributed by atoms with E-state index in [-0.39, 0.29) is 5.91 Å². The van der Waals surface area contributed by atoms with Gasteiger partial charge in [0.2, 0.25) is 0 Å². The maximum Gasteiger partial charge on any atom is 0.270 e. The molecule has 2 aromatic carbocycles. The summed E-state index contributed by atoms with van der Waals surface area (Å²) >= 11 is 0. The Kier molecular flexibility index (Phi) is 3.45. The van der Waals surface area contributed by atoms with Gasteiger partial charge in [-0.1, -0.05) is 30.3 Å². The van der Waals surface area contributed by atoms with Gasteiger partial charge in [0.25, 0.3) is 5.91 Å². The first-order chi connectivity index (χ1) is 11.7. The number of para-hydroxylation sites is 1. The number of rotatable bonds is 2. The highest BCUT2D eigenvalue weighted by Gasteiger charge is 2.24. The SMILES string of the molecule is Cn1c(C(=O)N2CCc3cc(C=O)ccc3C2)cc2ccccc21. The Morgan fingerprint density at radius 2 is 1.92 bits per heavy atom. The molecule has 0 N–H and O–H groups in total. The quantitative estimate of drug-likeness (QED) is 0.681. The van der Waals surface area contributed by atoms with E-state index in [1.54, 1.807) is 0 Å². The molecule has 4 rings (SSSR count). The van der Waals surface area contributed by atoms with Crippen LogP contribution in [0.4, 0.5) is 0 Å². The number of nitrogens with zero attached hydrogens (tertiary/aromatic N) is 2. The second-order valence-corrected chi connectivity index (χ2v) is 6.27. The minimum absolute atomic E-state index is 0.0545. The first kappa shape index (κ1) is 14.7. The second-order valence-electron chi connectivity index (χ2n) is 6.27.